The van der Waals surface area contributed by atoms with Crippen molar-refractivity contribution in [2.24, 2.45) is 5.92 Å². The van der Waals surface area contributed by atoms with Gasteiger partial charge in [0.15, 0.2) is 0 Å². The molecule has 1 amide bonds. The lowest BCUT2D eigenvalue weighted by Gasteiger charge is -2.21. The quantitative estimate of drug-likeness (QED) is 0.927. The zero-order valence-electron chi connectivity index (χ0n) is 12.9. The van der Waals surface area contributed by atoms with Crippen LogP contribution in [0, 0.1) is 12.8 Å². The summed E-state index contributed by atoms with van der Waals surface area (Å²) in [6, 6.07) is 3.75. The molecule has 6 nitrogen and oxygen atoms in total. The molecule has 0 radical (unpaired) electrons. The fourth-order valence-electron chi connectivity index (χ4n) is 3.40. The SMILES string of the molecule is Cc1nc(CO[C@@H]2CN(C(=O)c3ccc[nH]3)[C@H]3COC[C@@H]23)cs1. The molecule has 1 N–H and O–H groups in total. The minimum atomic E-state index is 0.00317. The van der Waals surface area contributed by atoms with Crippen molar-refractivity contribution in [1.82, 2.24) is 14.9 Å². The summed E-state index contributed by atoms with van der Waals surface area (Å²) in [5.41, 5.74) is 1.57. The molecule has 2 aliphatic rings. The van der Waals surface area contributed by atoms with Gasteiger partial charge in [-0.1, -0.05) is 0 Å². The number of nitrogens with one attached hydrogen (secondary N) is 1. The summed E-state index contributed by atoms with van der Waals surface area (Å²) in [6.45, 7) is 4.33. The van der Waals surface area contributed by atoms with Crippen LogP contribution >= 0.6 is 11.3 Å². The van der Waals surface area contributed by atoms with E-state index >= 15 is 0 Å². The lowest BCUT2D eigenvalue weighted by Crippen LogP contribution is -2.38. The summed E-state index contributed by atoms with van der Waals surface area (Å²) in [4.78, 5) is 22.0. The topological polar surface area (TPSA) is 67.5 Å². The zero-order chi connectivity index (χ0) is 15.8. The first-order valence-corrected chi connectivity index (χ1v) is 8.65. The lowest BCUT2D eigenvalue weighted by atomic mass is 10.0. The van der Waals surface area contributed by atoms with Crippen LogP contribution in [-0.4, -0.2) is 52.7 Å². The van der Waals surface area contributed by atoms with Crippen LogP contribution in [0.1, 0.15) is 21.2 Å². The predicted molar refractivity (Wildman–Crippen MR) is 85.4 cm³/mol. The van der Waals surface area contributed by atoms with Gasteiger partial charge in [0.2, 0.25) is 0 Å². The van der Waals surface area contributed by atoms with Crippen molar-refractivity contribution in [1.29, 1.82) is 0 Å². The summed E-state index contributed by atoms with van der Waals surface area (Å²) in [5, 5.41) is 3.06. The second kappa shape index (κ2) is 6.07. The number of carbonyl (C=O) groups excluding carboxylic acids is 1. The van der Waals surface area contributed by atoms with E-state index in [2.05, 4.69) is 9.97 Å². The number of aromatic amines is 1. The van der Waals surface area contributed by atoms with Crippen molar-refractivity contribution in [3.63, 3.8) is 0 Å². The van der Waals surface area contributed by atoms with Gasteiger partial charge in [0.25, 0.3) is 5.91 Å². The van der Waals surface area contributed by atoms with Gasteiger partial charge in [-0.3, -0.25) is 4.79 Å². The summed E-state index contributed by atoms with van der Waals surface area (Å²) < 4.78 is 11.7. The third kappa shape index (κ3) is 2.80. The van der Waals surface area contributed by atoms with Crippen LogP contribution < -0.4 is 0 Å². The maximum Gasteiger partial charge on any atom is 0.270 e. The van der Waals surface area contributed by atoms with Crippen molar-refractivity contribution in [3.05, 3.63) is 40.1 Å². The van der Waals surface area contributed by atoms with Crippen LogP contribution in [0.2, 0.25) is 0 Å². The van der Waals surface area contributed by atoms with E-state index < -0.39 is 0 Å². The highest BCUT2D eigenvalue weighted by molar-refractivity contribution is 7.09. The highest BCUT2D eigenvalue weighted by Gasteiger charge is 2.48. The Morgan fingerprint density at radius 1 is 1.57 bits per heavy atom. The largest absolute Gasteiger partial charge is 0.379 e. The second-order valence-corrected chi connectivity index (χ2v) is 7.08. The molecule has 2 aromatic rings. The molecule has 23 heavy (non-hydrogen) atoms. The van der Waals surface area contributed by atoms with Crippen molar-refractivity contribution in [2.75, 3.05) is 19.8 Å². The number of fused-ring (bicyclic) bond motifs is 1. The van der Waals surface area contributed by atoms with Crippen molar-refractivity contribution < 1.29 is 14.3 Å². The van der Waals surface area contributed by atoms with E-state index in [0.29, 0.717) is 32.1 Å². The number of hydrogen-bond acceptors (Lipinski definition) is 5. The van der Waals surface area contributed by atoms with Crippen LogP contribution in [-0.2, 0) is 16.1 Å². The molecular weight excluding hydrogens is 314 g/mol. The molecule has 2 aromatic heterocycles. The molecule has 2 aliphatic heterocycles. The highest BCUT2D eigenvalue weighted by Crippen LogP contribution is 2.33. The van der Waals surface area contributed by atoms with Crippen molar-refractivity contribution >= 4 is 17.2 Å². The first-order chi connectivity index (χ1) is 11.2. The molecular formula is C16H19N3O3S. The van der Waals surface area contributed by atoms with E-state index in [4.69, 9.17) is 9.47 Å². The summed E-state index contributed by atoms with van der Waals surface area (Å²) in [5.74, 6) is 0.264. The maximum atomic E-state index is 12.6. The zero-order valence-corrected chi connectivity index (χ0v) is 13.7. The number of H-pyrrole nitrogens is 1. The first kappa shape index (κ1) is 14.9. The van der Waals surface area contributed by atoms with Gasteiger partial charge >= 0.3 is 0 Å². The summed E-state index contributed by atoms with van der Waals surface area (Å²) in [7, 11) is 0. The van der Waals surface area contributed by atoms with Gasteiger partial charge in [0.05, 0.1) is 42.7 Å². The van der Waals surface area contributed by atoms with Crippen molar-refractivity contribution in [3.8, 4) is 0 Å². The van der Waals surface area contributed by atoms with Gasteiger partial charge in [0.1, 0.15) is 5.69 Å². The number of carbonyl (C=O) groups is 1. The van der Waals surface area contributed by atoms with Crippen LogP contribution in [0.15, 0.2) is 23.7 Å². The van der Waals surface area contributed by atoms with Crippen LogP contribution in [0.3, 0.4) is 0 Å². The van der Waals surface area contributed by atoms with E-state index in [1.165, 1.54) is 0 Å². The average molecular weight is 333 g/mol. The summed E-state index contributed by atoms with van der Waals surface area (Å²) in [6.07, 6.45) is 1.77. The molecule has 7 heteroatoms. The molecule has 0 aromatic carbocycles. The number of aryl methyl sites for hydroxylation is 1. The van der Waals surface area contributed by atoms with Gasteiger partial charge in [0, 0.05) is 24.0 Å². The van der Waals surface area contributed by atoms with Gasteiger partial charge in [-0.2, -0.15) is 0 Å². The number of amides is 1. The minimum absolute atomic E-state index is 0.00317. The van der Waals surface area contributed by atoms with Crippen LogP contribution in [0.4, 0.5) is 0 Å². The standard InChI is InChI=1S/C16H19N3O3S/c1-10-18-11(9-23-10)6-22-15-5-19(14-8-21-7-12(14)15)16(20)13-3-2-4-17-13/h2-4,9,12,14-15,17H,5-8H2,1H3/t12-,14+,15-/m1/s1. The fourth-order valence-corrected chi connectivity index (χ4v) is 3.99. The normalized spacial score (nSPS) is 26.7. The summed E-state index contributed by atoms with van der Waals surface area (Å²) >= 11 is 1.63. The Morgan fingerprint density at radius 3 is 3.22 bits per heavy atom. The smallest absolute Gasteiger partial charge is 0.270 e. The molecule has 3 atom stereocenters. The Balaban J connectivity index is 1.45. The molecule has 0 bridgehead atoms. The van der Waals surface area contributed by atoms with Gasteiger partial charge in [-0.25, -0.2) is 4.98 Å². The lowest BCUT2D eigenvalue weighted by molar-refractivity contribution is 0.00812. The molecule has 4 rings (SSSR count). The van der Waals surface area contributed by atoms with Gasteiger partial charge in [-0.15, -0.1) is 11.3 Å². The molecule has 0 spiro atoms. The molecule has 0 unspecified atom stereocenters. The molecule has 0 saturated carbocycles. The molecule has 0 aliphatic carbocycles. The Kier molecular flexibility index (Phi) is 3.92. The Hall–Kier alpha value is -1.70. The number of ether oxygens (including phenoxy) is 2. The van der Waals surface area contributed by atoms with Crippen molar-refractivity contribution in [2.45, 2.75) is 25.7 Å². The third-order valence-electron chi connectivity index (χ3n) is 4.55. The van der Waals surface area contributed by atoms with E-state index in [1.807, 2.05) is 23.3 Å². The van der Waals surface area contributed by atoms with Crippen LogP contribution in [0.25, 0.3) is 0 Å². The Morgan fingerprint density at radius 2 is 2.48 bits per heavy atom. The minimum Gasteiger partial charge on any atom is -0.379 e. The van der Waals surface area contributed by atoms with E-state index in [-0.39, 0.29) is 24.0 Å². The average Bonchev–Trinajstić information content (AvgIpc) is 3.30. The third-order valence-corrected chi connectivity index (χ3v) is 5.37. The first-order valence-electron chi connectivity index (χ1n) is 7.77. The monoisotopic (exact) mass is 333 g/mol. The molecule has 122 valence electrons. The number of thiazole rings is 1. The van der Waals surface area contributed by atoms with E-state index in [9.17, 15) is 4.79 Å². The second-order valence-electron chi connectivity index (χ2n) is 6.02. The fraction of sp³-hybridized carbons (Fsp3) is 0.500. The van der Waals surface area contributed by atoms with Gasteiger partial charge < -0.3 is 19.4 Å². The molecule has 4 heterocycles. The Bertz CT molecular complexity index is 685. The molecule has 2 saturated heterocycles. The predicted octanol–water partition coefficient (Wildman–Crippen LogP) is 1.84. The number of hydrogen-bond donors (Lipinski definition) is 1. The van der Waals surface area contributed by atoms with Crippen LogP contribution in [0.5, 0.6) is 0 Å². The highest BCUT2D eigenvalue weighted by atomic mass is 32.1. The number of rotatable bonds is 4. The van der Waals surface area contributed by atoms with Gasteiger partial charge in [-0.05, 0) is 19.1 Å². The van der Waals surface area contributed by atoms with E-state index in [1.54, 1.807) is 23.6 Å². The van der Waals surface area contributed by atoms with E-state index in [0.717, 1.165) is 10.7 Å². The Labute approximate surface area is 138 Å². The number of nitrogens with zero attached hydrogens (tertiary/aromatic N) is 2. The molecule has 2 fully saturated rings. The maximum absolute atomic E-state index is 12.6. The number of likely N-dealkylation sites (tertiary alicyclic amines) is 1. The number of aromatic nitrogens is 2.